The Labute approximate surface area is 145 Å². The number of fused-ring (bicyclic) bond motifs is 1. The minimum Gasteiger partial charge on any atom is -0.243 e. The largest absolute Gasteiger partial charge is 0.243 e. The molecular weight excluding hydrogens is 308 g/mol. The molecule has 0 spiro atoms. The molecule has 3 aromatic carbocycles. The third kappa shape index (κ3) is 3.42. The van der Waals surface area contributed by atoms with E-state index in [9.17, 15) is 0 Å². The summed E-state index contributed by atoms with van der Waals surface area (Å²) in [5.41, 5.74) is 4.76. The summed E-state index contributed by atoms with van der Waals surface area (Å²) >= 11 is 0. The Bertz CT molecular complexity index is 1140. The number of hydrogen-bond acceptors (Lipinski definition) is 3. The van der Waals surface area contributed by atoms with Crippen LogP contribution in [-0.4, -0.2) is 10.3 Å². The molecule has 0 aliphatic heterocycles. The summed E-state index contributed by atoms with van der Waals surface area (Å²) in [6.45, 7) is 0. The molecular formula is C22H12N2O. The van der Waals surface area contributed by atoms with E-state index < -0.39 is 0 Å². The zero-order valence-electron chi connectivity index (χ0n) is 13.2. The Kier molecular flexibility index (Phi) is 3.98. The molecule has 1 aromatic heterocycles. The van der Waals surface area contributed by atoms with Crippen molar-refractivity contribution in [2.45, 2.75) is 0 Å². The van der Waals surface area contributed by atoms with Crippen molar-refractivity contribution in [2.75, 3.05) is 0 Å². The van der Waals surface area contributed by atoms with Crippen LogP contribution in [0.2, 0.25) is 0 Å². The van der Waals surface area contributed by atoms with Crippen molar-refractivity contribution in [1.29, 1.82) is 0 Å². The van der Waals surface area contributed by atoms with Crippen molar-refractivity contribution < 1.29 is 4.63 Å². The van der Waals surface area contributed by atoms with Gasteiger partial charge in [0, 0.05) is 16.7 Å². The lowest BCUT2D eigenvalue weighted by Gasteiger charge is -1.95. The fraction of sp³-hybridized carbons (Fsp3) is 0. The lowest BCUT2D eigenvalue weighted by Crippen LogP contribution is -1.84. The second kappa shape index (κ2) is 6.74. The van der Waals surface area contributed by atoms with Crippen molar-refractivity contribution in [3.63, 3.8) is 0 Å². The van der Waals surface area contributed by atoms with E-state index in [0.29, 0.717) is 11.0 Å². The van der Waals surface area contributed by atoms with E-state index in [0.717, 1.165) is 22.3 Å². The maximum absolute atomic E-state index is 4.86. The Balaban J connectivity index is 1.76. The smallest absolute Gasteiger partial charge is 0.150 e. The van der Waals surface area contributed by atoms with Gasteiger partial charge in [-0.1, -0.05) is 60.1 Å². The first-order valence-electron chi connectivity index (χ1n) is 7.79. The van der Waals surface area contributed by atoms with Crippen molar-refractivity contribution >= 4 is 11.0 Å². The van der Waals surface area contributed by atoms with Crippen LogP contribution in [0.5, 0.6) is 0 Å². The molecule has 3 heteroatoms. The number of aromatic nitrogens is 2. The number of nitrogens with zero attached hydrogens (tertiary/aromatic N) is 2. The molecule has 116 valence electrons. The third-order valence-electron chi connectivity index (χ3n) is 3.60. The van der Waals surface area contributed by atoms with E-state index in [1.165, 1.54) is 0 Å². The molecule has 0 unspecified atom stereocenters. The van der Waals surface area contributed by atoms with Crippen molar-refractivity contribution in [3.05, 3.63) is 95.1 Å². The second-order valence-corrected chi connectivity index (χ2v) is 5.39. The van der Waals surface area contributed by atoms with Gasteiger partial charge in [0.1, 0.15) is 5.52 Å². The number of rotatable bonds is 0. The number of hydrogen-bond donors (Lipinski definition) is 0. The summed E-state index contributed by atoms with van der Waals surface area (Å²) in [7, 11) is 0. The van der Waals surface area contributed by atoms with Crippen molar-refractivity contribution in [3.8, 4) is 23.7 Å². The van der Waals surface area contributed by atoms with Crippen LogP contribution in [-0.2, 0) is 0 Å². The summed E-state index contributed by atoms with van der Waals surface area (Å²) in [4.78, 5) is 0. The molecule has 0 radical (unpaired) electrons. The van der Waals surface area contributed by atoms with Crippen molar-refractivity contribution in [1.82, 2.24) is 10.3 Å². The van der Waals surface area contributed by atoms with Crippen LogP contribution < -0.4 is 0 Å². The van der Waals surface area contributed by atoms with E-state index >= 15 is 0 Å². The Morgan fingerprint density at radius 2 is 1.20 bits per heavy atom. The van der Waals surface area contributed by atoms with E-state index in [4.69, 9.17) is 4.63 Å². The minimum atomic E-state index is 0.647. The van der Waals surface area contributed by atoms with Gasteiger partial charge in [-0.05, 0) is 46.7 Å². The van der Waals surface area contributed by atoms with Gasteiger partial charge in [0.05, 0.1) is 5.56 Å². The molecule has 0 N–H and O–H groups in total. The van der Waals surface area contributed by atoms with E-state index in [1.54, 1.807) is 0 Å². The maximum atomic E-state index is 4.86. The average molecular weight is 320 g/mol. The molecule has 0 aliphatic carbocycles. The highest BCUT2D eigenvalue weighted by molar-refractivity contribution is 5.82. The average Bonchev–Trinajstić information content (AvgIpc) is 3.15. The van der Waals surface area contributed by atoms with Crippen LogP contribution in [0.3, 0.4) is 0 Å². The molecule has 0 bridgehead atoms. The first-order chi connectivity index (χ1) is 12.4. The van der Waals surface area contributed by atoms with Gasteiger partial charge in [0.2, 0.25) is 0 Å². The monoisotopic (exact) mass is 320 g/mol. The summed E-state index contributed by atoms with van der Waals surface area (Å²) < 4.78 is 4.86. The molecule has 0 atom stereocenters. The van der Waals surface area contributed by atoms with Crippen LogP contribution in [0.15, 0.2) is 77.4 Å². The SMILES string of the molecule is C(#Cc1cc(C#Cc2ccccc2)c2nonc2c1)c1ccccc1. The van der Waals surface area contributed by atoms with Crippen LogP contribution in [0.25, 0.3) is 11.0 Å². The molecule has 0 saturated carbocycles. The molecule has 4 rings (SSSR count). The highest BCUT2D eigenvalue weighted by Gasteiger charge is 2.07. The van der Waals surface area contributed by atoms with Gasteiger partial charge in [0.15, 0.2) is 5.52 Å². The molecule has 0 fully saturated rings. The lowest BCUT2D eigenvalue weighted by molar-refractivity contribution is 0.315. The number of benzene rings is 3. The molecule has 0 amide bonds. The van der Waals surface area contributed by atoms with E-state index in [-0.39, 0.29) is 0 Å². The quantitative estimate of drug-likeness (QED) is 0.459. The van der Waals surface area contributed by atoms with Gasteiger partial charge in [-0.15, -0.1) is 0 Å². The van der Waals surface area contributed by atoms with Gasteiger partial charge in [0.25, 0.3) is 0 Å². The fourth-order valence-electron chi connectivity index (χ4n) is 2.38. The molecule has 3 nitrogen and oxygen atoms in total. The molecule has 0 saturated heterocycles. The minimum absolute atomic E-state index is 0.647. The fourth-order valence-corrected chi connectivity index (χ4v) is 2.38. The second-order valence-electron chi connectivity index (χ2n) is 5.39. The van der Waals surface area contributed by atoms with Gasteiger partial charge in [-0.2, -0.15) is 0 Å². The zero-order valence-corrected chi connectivity index (χ0v) is 13.2. The third-order valence-corrected chi connectivity index (χ3v) is 3.60. The first-order valence-corrected chi connectivity index (χ1v) is 7.79. The predicted octanol–water partition coefficient (Wildman–Crippen LogP) is 4.02. The van der Waals surface area contributed by atoms with Crippen LogP contribution in [0, 0.1) is 23.7 Å². The summed E-state index contributed by atoms with van der Waals surface area (Å²) in [5.74, 6) is 12.6. The van der Waals surface area contributed by atoms with E-state index in [1.807, 2.05) is 72.8 Å². The Morgan fingerprint density at radius 1 is 0.600 bits per heavy atom. The Hall–Kier alpha value is -3.82. The molecule has 0 aliphatic rings. The first kappa shape index (κ1) is 14.8. The zero-order chi connectivity index (χ0) is 16.9. The van der Waals surface area contributed by atoms with Gasteiger partial charge >= 0.3 is 0 Å². The van der Waals surface area contributed by atoms with Crippen LogP contribution >= 0.6 is 0 Å². The van der Waals surface area contributed by atoms with E-state index in [2.05, 4.69) is 34.0 Å². The highest BCUT2D eigenvalue weighted by atomic mass is 16.6. The normalized spacial score (nSPS) is 9.76. The van der Waals surface area contributed by atoms with Crippen LogP contribution in [0.1, 0.15) is 22.3 Å². The van der Waals surface area contributed by atoms with Crippen molar-refractivity contribution in [2.24, 2.45) is 0 Å². The summed E-state index contributed by atoms with van der Waals surface area (Å²) in [6.07, 6.45) is 0. The van der Waals surface area contributed by atoms with Gasteiger partial charge in [-0.25, -0.2) is 4.63 Å². The topological polar surface area (TPSA) is 38.9 Å². The lowest BCUT2D eigenvalue weighted by atomic mass is 10.1. The molecule has 25 heavy (non-hydrogen) atoms. The van der Waals surface area contributed by atoms with Crippen LogP contribution in [0.4, 0.5) is 0 Å². The highest BCUT2D eigenvalue weighted by Crippen LogP contribution is 2.17. The van der Waals surface area contributed by atoms with Gasteiger partial charge < -0.3 is 0 Å². The summed E-state index contributed by atoms with van der Waals surface area (Å²) in [5, 5.41) is 7.88. The van der Waals surface area contributed by atoms with Gasteiger partial charge in [-0.3, -0.25) is 0 Å². The maximum Gasteiger partial charge on any atom is 0.150 e. The molecule has 4 aromatic rings. The summed E-state index contributed by atoms with van der Waals surface area (Å²) in [6, 6.07) is 23.4. The standard InChI is InChI=1S/C22H12N2O/c1-3-7-17(8-4-1)11-12-19-15-20(22-21(16-19)23-25-24-22)14-13-18-9-5-2-6-10-18/h1-10,15-16H. The molecule has 1 heterocycles. The Morgan fingerprint density at radius 3 is 1.88 bits per heavy atom. The predicted molar refractivity (Wildman–Crippen MR) is 96.6 cm³/mol.